The summed E-state index contributed by atoms with van der Waals surface area (Å²) in [5.41, 5.74) is 0.734. The minimum atomic E-state index is -0.302. The quantitative estimate of drug-likeness (QED) is 0.629. The van der Waals surface area contributed by atoms with Gasteiger partial charge in [-0.1, -0.05) is 13.0 Å². The third-order valence-electron chi connectivity index (χ3n) is 1.72. The van der Waals surface area contributed by atoms with Crippen molar-refractivity contribution in [2.24, 2.45) is 0 Å². The van der Waals surface area contributed by atoms with Gasteiger partial charge in [0, 0.05) is 0 Å². The summed E-state index contributed by atoms with van der Waals surface area (Å²) >= 11 is 0. The second-order valence-corrected chi connectivity index (χ2v) is 2.74. The highest BCUT2D eigenvalue weighted by Crippen LogP contribution is 2.02. The number of aliphatic hydroxyl groups is 1. The largest absolute Gasteiger partial charge is 0.393 e. The summed E-state index contributed by atoms with van der Waals surface area (Å²) < 4.78 is 0. The molecule has 0 aromatic rings. The topological polar surface area (TPSA) is 37.3 Å². The van der Waals surface area contributed by atoms with E-state index >= 15 is 0 Å². The van der Waals surface area contributed by atoms with E-state index < -0.39 is 0 Å². The van der Waals surface area contributed by atoms with Crippen molar-refractivity contribution in [1.29, 1.82) is 0 Å². The Labute approximate surface area is 67.9 Å². The maximum absolute atomic E-state index is 10.7. The molecule has 1 N–H and O–H groups in total. The third-order valence-corrected chi connectivity index (χ3v) is 1.72. The average molecular weight is 156 g/mol. The van der Waals surface area contributed by atoms with E-state index in [-0.39, 0.29) is 11.9 Å². The van der Waals surface area contributed by atoms with Crippen LogP contribution in [0.4, 0.5) is 0 Å². The van der Waals surface area contributed by atoms with Gasteiger partial charge in [0.15, 0.2) is 5.78 Å². The molecule has 0 saturated carbocycles. The molecule has 0 aliphatic carbocycles. The molecular formula is C9H16O2. The molecule has 0 spiro atoms. The van der Waals surface area contributed by atoms with Gasteiger partial charge in [0.05, 0.1) is 6.10 Å². The van der Waals surface area contributed by atoms with Gasteiger partial charge in [0.1, 0.15) is 0 Å². The van der Waals surface area contributed by atoms with Crippen LogP contribution in [0, 0.1) is 0 Å². The zero-order valence-corrected chi connectivity index (χ0v) is 7.42. The van der Waals surface area contributed by atoms with E-state index in [1.54, 1.807) is 13.0 Å². The predicted molar refractivity (Wildman–Crippen MR) is 45.4 cm³/mol. The van der Waals surface area contributed by atoms with Gasteiger partial charge < -0.3 is 5.11 Å². The summed E-state index contributed by atoms with van der Waals surface area (Å²) in [4.78, 5) is 10.7. The van der Waals surface area contributed by atoms with E-state index in [2.05, 4.69) is 0 Å². The monoisotopic (exact) mass is 156 g/mol. The predicted octanol–water partition coefficient (Wildman–Crippen LogP) is 1.68. The highest BCUT2D eigenvalue weighted by Gasteiger charge is 1.99. The first kappa shape index (κ1) is 10.4. The molecule has 0 rings (SSSR count). The van der Waals surface area contributed by atoms with Gasteiger partial charge in [0.25, 0.3) is 0 Å². The number of ketones is 1. The molecule has 0 aliphatic heterocycles. The Bertz CT molecular complexity index is 159. The molecule has 1 atom stereocenters. The summed E-state index contributed by atoms with van der Waals surface area (Å²) in [5, 5.41) is 9.13. The van der Waals surface area contributed by atoms with Crippen LogP contribution in [0.5, 0.6) is 0 Å². The number of rotatable bonds is 4. The van der Waals surface area contributed by atoms with E-state index in [0.717, 1.165) is 12.0 Å². The number of allylic oxidation sites excluding steroid dienone is 1. The Morgan fingerprint density at radius 2 is 2.09 bits per heavy atom. The summed E-state index contributed by atoms with van der Waals surface area (Å²) in [6.45, 7) is 5.22. The molecule has 11 heavy (non-hydrogen) atoms. The van der Waals surface area contributed by atoms with Crippen molar-refractivity contribution in [3.8, 4) is 0 Å². The second kappa shape index (κ2) is 5.08. The van der Waals surface area contributed by atoms with Gasteiger partial charge in [-0.3, -0.25) is 4.79 Å². The first-order chi connectivity index (χ1) is 5.07. The van der Waals surface area contributed by atoms with Gasteiger partial charge in [-0.2, -0.15) is 0 Å². The lowest BCUT2D eigenvalue weighted by molar-refractivity contribution is -0.113. The Morgan fingerprint density at radius 3 is 2.45 bits per heavy atom. The smallest absolute Gasteiger partial charge is 0.155 e. The summed E-state index contributed by atoms with van der Waals surface area (Å²) in [6.07, 6.45) is 2.81. The lowest BCUT2D eigenvalue weighted by Crippen LogP contribution is -2.03. The maximum atomic E-state index is 10.7. The lowest BCUT2D eigenvalue weighted by atomic mass is 10.1. The summed E-state index contributed by atoms with van der Waals surface area (Å²) in [7, 11) is 0. The van der Waals surface area contributed by atoms with E-state index in [0.29, 0.717) is 6.42 Å². The van der Waals surface area contributed by atoms with Crippen LogP contribution >= 0.6 is 0 Å². The van der Waals surface area contributed by atoms with Crippen molar-refractivity contribution < 1.29 is 9.90 Å². The lowest BCUT2D eigenvalue weighted by Gasteiger charge is -2.02. The van der Waals surface area contributed by atoms with Crippen molar-refractivity contribution in [3.63, 3.8) is 0 Å². The maximum Gasteiger partial charge on any atom is 0.155 e. The van der Waals surface area contributed by atoms with Crippen molar-refractivity contribution >= 4 is 5.78 Å². The van der Waals surface area contributed by atoms with E-state index in [9.17, 15) is 4.79 Å². The molecule has 0 fully saturated rings. The molecular weight excluding hydrogens is 140 g/mol. The van der Waals surface area contributed by atoms with Crippen LogP contribution in [0.15, 0.2) is 11.6 Å². The minimum Gasteiger partial charge on any atom is -0.393 e. The molecule has 2 heteroatoms. The molecule has 0 aromatic carbocycles. The molecule has 0 amide bonds. The van der Waals surface area contributed by atoms with Crippen LogP contribution in [-0.4, -0.2) is 17.0 Å². The van der Waals surface area contributed by atoms with Crippen molar-refractivity contribution in [1.82, 2.24) is 0 Å². The zero-order valence-electron chi connectivity index (χ0n) is 7.42. The third kappa shape index (κ3) is 4.73. The zero-order chi connectivity index (χ0) is 8.85. The molecule has 1 unspecified atom stereocenters. The van der Waals surface area contributed by atoms with Crippen molar-refractivity contribution in [2.75, 3.05) is 0 Å². The van der Waals surface area contributed by atoms with E-state index in [1.165, 1.54) is 6.92 Å². The van der Waals surface area contributed by atoms with Crippen molar-refractivity contribution in [2.45, 2.75) is 39.7 Å². The molecule has 64 valence electrons. The molecule has 0 bridgehead atoms. The highest BCUT2D eigenvalue weighted by molar-refractivity contribution is 5.92. The number of Topliss-reactive ketones (excluding diaryl/α,β-unsaturated/α-hetero) is 1. The molecule has 2 nitrogen and oxygen atoms in total. The Hall–Kier alpha value is -0.630. The van der Waals surface area contributed by atoms with Crippen molar-refractivity contribution in [3.05, 3.63) is 11.6 Å². The van der Waals surface area contributed by atoms with Crippen LogP contribution in [0.3, 0.4) is 0 Å². The number of carbonyl (C=O) groups is 1. The summed E-state index contributed by atoms with van der Waals surface area (Å²) in [6, 6.07) is 0. The SMILES string of the molecule is CCC(O)CC=C(C)C(C)=O. The fraction of sp³-hybridized carbons (Fsp3) is 0.667. The van der Waals surface area contributed by atoms with Gasteiger partial charge >= 0.3 is 0 Å². The Balaban J connectivity index is 3.82. The van der Waals surface area contributed by atoms with Gasteiger partial charge in [-0.25, -0.2) is 0 Å². The van der Waals surface area contributed by atoms with E-state index in [1.807, 2.05) is 6.92 Å². The molecule has 0 saturated heterocycles. The normalized spacial score (nSPS) is 14.7. The van der Waals surface area contributed by atoms with Gasteiger partial charge in [-0.15, -0.1) is 0 Å². The number of hydrogen-bond acceptors (Lipinski definition) is 2. The fourth-order valence-corrected chi connectivity index (χ4v) is 0.623. The molecule has 0 aliphatic rings. The van der Waals surface area contributed by atoms with Crippen LogP contribution in [-0.2, 0) is 4.79 Å². The first-order valence-corrected chi connectivity index (χ1v) is 3.93. The van der Waals surface area contributed by atoms with Crippen LogP contribution in [0.1, 0.15) is 33.6 Å². The van der Waals surface area contributed by atoms with Crippen LogP contribution in [0.2, 0.25) is 0 Å². The Morgan fingerprint density at radius 1 is 1.55 bits per heavy atom. The number of hydrogen-bond donors (Lipinski definition) is 1. The van der Waals surface area contributed by atoms with Gasteiger partial charge in [-0.05, 0) is 32.3 Å². The highest BCUT2D eigenvalue weighted by atomic mass is 16.3. The number of carbonyl (C=O) groups excluding carboxylic acids is 1. The van der Waals surface area contributed by atoms with Crippen LogP contribution in [0.25, 0.3) is 0 Å². The average Bonchev–Trinajstić information content (AvgIpc) is 1.99. The van der Waals surface area contributed by atoms with Gasteiger partial charge in [0.2, 0.25) is 0 Å². The first-order valence-electron chi connectivity index (χ1n) is 3.93. The standard InChI is InChI=1S/C9H16O2/c1-4-9(11)6-5-7(2)8(3)10/h5,9,11H,4,6H2,1-3H3. The summed E-state index contributed by atoms with van der Waals surface area (Å²) in [5.74, 6) is 0.0771. The molecule has 0 heterocycles. The minimum absolute atomic E-state index is 0.0771. The fourth-order valence-electron chi connectivity index (χ4n) is 0.623. The second-order valence-electron chi connectivity index (χ2n) is 2.74. The molecule has 0 aromatic heterocycles. The van der Waals surface area contributed by atoms with E-state index in [4.69, 9.17) is 5.11 Å². The Kier molecular flexibility index (Phi) is 4.79. The molecule has 0 radical (unpaired) electrons. The number of aliphatic hydroxyl groups excluding tert-OH is 1. The van der Waals surface area contributed by atoms with Crippen LogP contribution < -0.4 is 0 Å².